The van der Waals surface area contributed by atoms with E-state index in [1.54, 1.807) is 12.3 Å². The molecule has 0 atom stereocenters. The maximum atomic E-state index is 12.3. The van der Waals surface area contributed by atoms with Crippen LogP contribution in [0.15, 0.2) is 22.5 Å². The summed E-state index contributed by atoms with van der Waals surface area (Å²) in [6.45, 7) is 2.88. The van der Waals surface area contributed by atoms with E-state index in [-0.39, 0.29) is 0 Å². The number of thiophene rings is 1. The zero-order valence-corrected chi connectivity index (χ0v) is 13.8. The molecule has 0 radical (unpaired) electrons. The molecule has 2 aromatic rings. The zero-order valence-electron chi connectivity index (χ0n) is 11.3. The number of rotatable bonds is 7. The molecular formula is C12H17N3O2S3. The van der Waals surface area contributed by atoms with Gasteiger partial charge in [0.15, 0.2) is 0 Å². The SMILES string of the molecule is CNCc1cc(S(=O)(=O)NCCc2nccs2)c(C)s1. The topological polar surface area (TPSA) is 71.1 Å². The molecule has 0 bridgehead atoms. The Morgan fingerprint density at radius 1 is 1.40 bits per heavy atom. The average Bonchev–Trinajstić information content (AvgIpc) is 2.99. The molecule has 2 rings (SSSR count). The second-order valence-corrected chi connectivity index (χ2v) is 8.29. The van der Waals surface area contributed by atoms with Gasteiger partial charge in [-0.05, 0) is 20.0 Å². The lowest BCUT2D eigenvalue weighted by Crippen LogP contribution is -2.26. The van der Waals surface area contributed by atoms with Crippen LogP contribution in [-0.4, -0.2) is 27.0 Å². The predicted octanol–water partition coefficient (Wildman–Crippen LogP) is 1.75. The summed E-state index contributed by atoms with van der Waals surface area (Å²) in [5.41, 5.74) is 0. The summed E-state index contributed by atoms with van der Waals surface area (Å²) < 4.78 is 27.1. The van der Waals surface area contributed by atoms with Gasteiger partial charge in [0.2, 0.25) is 10.0 Å². The van der Waals surface area contributed by atoms with Crippen LogP contribution in [0.5, 0.6) is 0 Å². The van der Waals surface area contributed by atoms with Gasteiger partial charge in [-0.2, -0.15) is 0 Å². The summed E-state index contributed by atoms with van der Waals surface area (Å²) in [5.74, 6) is 0. The molecule has 0 saturated heterocycles. The Morgan fingerprint density at radius 2 is 2.20 bits per heavy atom. The number of aromatic nitrogens is 1. The van der Waals surface area contributed by atoms with E-state index in [0.717, 1.165) is 14.8 Å². The highest BCUT2D eigenvalue weighted by molar-refractivity contribution is 7.89. The molecule has 20 heavy (non-hydrogen) atoms. The highest BCUT2D eigenvalue weighted by atomic mass is 32.2. The van der Waals surface area contributed by atoms with Crippen molar-refractivity contribution in [2.45, 2.75) is 24.8 Å². The third kappa shape index (κ3) is 3.86. The van der Waals surface area contributed by atoms with Crippen LogP contribution >= 0.6 is 22.7 Å². The van der Waals surface area contributed by atoms with Gasteiger partial charge in [-0.1, -0.05) is 0 Å². The molecule has 110 valence electrons. The molecule has 2 heterocycles. The first-order valence-electron chi connectivity index (χ1n) is 6.15. The van der Waals surface area contributed by atoms with Crippen molar-refractivity contribution in [2.75, 3.05) is 13.6 Å². The number of thiazole rings is 1. The lowest BCUT2D eigenvalue weighted by molar-refractivity contribution is 0.581. The minimum absolute atomic E-state index is 0.368. The monoisotopic (exact) mass is 331 g/mol. The summed E-state index contributed by atoms with van der Waals surface area (Å²) in [4.78, 5) is 6.35. The van der Waals surface area contributed by atoms with E-state index < -0.39 is 10.0 Å². The van der Waals surface area contributed by atoms with Gasteiger partial charge in [0.05, 0.1) is 9.90 Å². The van der Waals surface area contributed by atoms with Crippen molar-refractivity contribution in [1.82, 2.24) is 15.0 Å². The van der Waals surface area contributed by atoms with Crippen LogP contribution < -0.4 is 10.0 Å². The van der Waals surface area contributed by atoms with E-state index in [1.807, 2.05) is 19.4 Å². The fraction of sp³-hybridized carbons (Fsp3) is 0.417. The van der Waals surface area contributed by atoms with Crippen molar-refractivity contribution in [1.29, 1.82) is 0 Å². The number of hydrogen-bond donors (Lipinski definition) is 2. The van der Waals surface area contributed by atoms with Gasteiger partial charge < -0.3 is 5.32 Å². The summed E-state index contributed by atoms with van der Waals surface area (Å²) in [6.07, 6.45) is 2.34. The molecule has 0 spiro atoms. The van der Waals surface area contributed by atoms with Gasteiger partial charge in [-0.15, -0.1) is 22.7 Å². The van der Waals surface area contributed by atoms with Gasteiger partial charge in [-0.25, -0.2) is 18.1 Å². The van der Waals surface area contributed by atoms with Crippen molar-refractivity contribution in [3.63, 3.8) is 0 Å². The minimum atomic E-state index is -3.43. The third-order valence-electron chi connectivity index (χ3n) is 2.68. The standard InChI is InChI=1S/C12H17N3O2S3/c1-9-11(7-10(19-9)8-13-2)20(16,17)15-4-3-12-14-5-6-18-12/h5-7,13,15H,3-4,8H2,1-2H3. The van der Waals surface area contributed by atoms with Crippen LogP contribution in [0.2, 0.25) is 0 Å². The smallest absolute Gasteiger partial charge is 0.241 e. The zero-order chi connectivity index (χ0) is 14.6. The van der Waals surface area contributed by atoms with Crippen molar-refractivity contribution in [3.05, 3.63) is 32.4 Å². The van der Waals surface area contributed by atoms with Crippen LogP contribution in [0.1, 0.15) is 14.8 Å². The van der Waals surface area contributed by atoms with Gasteiger partial charge in [0.25, 0.3) is 0 Å². The minimum Gasteiger partial charge on any atom is -0.315 e. The van der Waals surface area contributed by atoms with Crippen LogP contribution in [0.3, 0.4) is 0 Å². The first kappa shape index (κ1) is 15.6. The maximum Gasteiger partial charge on any atom is 0.241 e. The lowest BCUT2D eigenvalue weighted by Gasteiger charge is -2.04. The molecule has 0 aliphatic carbocycles. The van der Waals surface area contributed by atoms with Gasteiger partial charge in [-0.3, -0.25) is 0 Å². The van der Waals surface area contributed by atoms with Crippen LogP contribution in [-0.2, 0) is 23.0 Å². The Hall–Kier alpha value is -0.800. The molecule has 2 N–H and O–H groups in total. The van der Waals surface area contributed by atoms with E-state index in [4.69, 9.17) is 0 Å². The molecule has 0 unspecified atom stereocenters. The highest BCUT2D eigenvalue weighted by Gasteiger charge is 2.19. The van der Waals surface area contributed by atoms with Crippen LogP contribution in [0.25, 0.3) is 0 Å². The molecule has 0 aromatic carbocycles. The number of hydrogen-bond acceptors (Lipinski definition) is 6. The van der Waals surface area contributed by atoms with Crippen molar-refractivity contribution in [2.24, 2.45) is 0 Å². The largest absolute Gasteiger partial charge is 0.315 e. The highest BCUT2D eigenvalue weighted by Crippen LogP contribution is 2.25. The molecule has 0 amide bonds. The second-order valence-electron chi connectivity index (χ2n) is 4.24. The fourth-order valence-electron chi connectivity index (χ4n) is 1.80. The lowest BCUT2D eigenvalue weighted by atomic mass is 10.4. The van der Waals surface area contributed by atoms with Crippen molar-refractivity contribution >= 4 is 32.7 Å². The normalized spacial score (nSPS) is 11.9. The predicted molar refractivity (Wildman–Crippen MR) is 82.8 cm³/mol. The first-order chi connectivity index (χ1) is 9.53. The van der Waals surface area contributed by atoms with Gasteiger partial charge in [0.1, 0.15) is 0 Å². The van der Waals surface area contributed by atoms with Gasteiger partial charge >= 0.3 is 0 Å². The Morgan fingerprint density at radius 3 is 2.85 bits per heavy atom. The third-order valence-corrected chi connectivity index (χ3v) is 6.28. The van der Waals surface area contributed by atoms with E-state index in [1.165, 1.54) is 22.7 Å². The van der Waals surface area contributed by atoms with E-state index >= 15 is 0 Å². The number of nitrogens with zero attached hydrogens (tertiary/aromatic N) is 1. The Balaban J connectivity index is 2.02. The quantitative estimate of drug-likeness (QED) is 0.811. The molecule has 0 saturated carbocycles. The van der Waals surface area contributed by atoms with Crippen LogP contribution in [0, 0.1) is 6.92 Å². The van der Waals surface area contributed by atoms with E-state index in [2.05, 4.69) is 15.0 Å². The molecule has 0 fully saturated rings. The summed E-state index contributed by atoms with van der Waals surface area (Å²) in [7, 11) is -1.59. The summed E-state index contributed by atoms with van der Waals surface area (Å²) in [5, 5.41) is 5.85. The molecular weight excluding hydrogens is 314 g/mol. The number of nitrogens with one attached hydrogen (secondary N) is 2. The molecule has 5 nitrogen and oxygen atoms in total. The second kappa shape index (κ2) is 6.77. The van der Waals surface area contributed by atoms with Crippen LogP contribution in [0.4, 0.5) is 0 Å². The first-order valence-corrected chi connectivity index (χ1v) is 9.33. The summed E-state index contributed by atoms with van der Waals surface area (Å²) in [6, 6.07) is 1.74. The molecule has 0 aliphatic rings. The number of sulfonamides is 1. The van der Waals surface area contributed by atoms with Crippen molar-refractivity contribution < 1.29 is 8.42 Å². The Kier molecular flexibility index (Phi) is 5.28. The average molecular weight is 331 g/mol. The van der Waals surface area contributed by atoms with Crippen molar-refractivity contribution in [3.8, 4) is 0 Å². The fourth-order valence-corrected chi connectivity index (χ4v) is 5.10. The molecule has 8 heteroatoms. The Bertz CT molecular complexity index is 648. The van der Waals surface area contributed by atoms with E-state index in [0.29, 0.717) is 24.4 Å². The maximum absolute atomic E-state index is 12.3. The molecule has 0 aliphatic heterocycles. The molecule has 2 aromatic heterocycles. The van der Waals surface area contributed by atoms with Gasteiger partial charge in [0, 0.05) is 40.8 Å². The van der Waals surface area contributed by atoms with E-state index in [9.17, 15) is 8.42 Å². The Labute approximate surface area is 127 Å². The number of aryl methyl sites for hydroxylation is 1. The summed E-state index contributed by atoms with van der Waals surface area (Å²) >= 11 is 3.04.